The lowest BCUT2D eigenvalue weighted by Crippen LogP contribution is -2.09. The van der Waals surface area contributed by atoms with Crippen molar-refractivity contribution in [2.24, 2.45) is 0 Å². The average Bonchev–Trinajstić information content (AvgIpc) is 2.63. The standard InChI is InChI=1S/C10H15NO4S2/c1-4-15-9(12)5-8-6-16-10(11-8)7(2)17(3,13)14/h6-7H,4-5H2,1-3H3. The highest BCUT2D eigenvalue weighted by molar-refractivity contribution is 7.91. The summed E-state index contributed by atoms with van der Waals surface area (Å²) in [7, 11) is -3.15. The summed E-state index contributed by atoms with van der Waals surface area (Å²) in [5.74, 6) is -0.351. The number of hydrogen-bond acceptors (Lipinski definition) is 6. The van der Waals surface area contributed by atoms with Gasteiger partial charge in [0.1, 0.15) is 10.3 Å². The third kappa shape index (κ3) is 4.08. The Morgan fingerprint density at radius 3 is 2.76 bits per heavy atom. The Balaban J connectivity index is 2.75. The quantitative estimate of drug-likeness (QED) is 0.760. The van der Waals surface area contributed by atoms with E-state index < -0.39 is 15.1 Å². The molecule has 0 aromatic carbocycles. The normalized spacial score (nSPS) is 13.4. The molecule has 0 saturated heterocycles. The highest BCUT2D eigenvalue weighted by atomic mass is 32.2. The van der Waals surface area contributed by atoms with Crippen molar-refractivity contribution >= 4 is 27.1 Å². The van der Waals surface area contributed by atoms with E-state index in [4.69, 9.17) is 4.74 Å². The number of sulfone groups is 1. The molecule has 0 aliphatic carbocycles. The van der Waals surface area contributed by atoms with Gasteiger partial charge in [0.2, 0.25) is 0 Å². The molecule has 1 aromatic rings. The molecule has 1 heterocycles. The minimum Gasteiger partial charge on any atom is -0.466 e. The summed E-state index contributed by atoms with van der Waals surface area (Å²) >= 11 is 1.25. The number of carbonyl (C=O) groups is 1. The first-order chi connectivity index (χ1) is 7.84. The number of aromatic nitrogens is 1. The Morgan fingerprint density at radius 1 is 1.59 bits per heavy atom. The lowest BCUT2D eigenvalue weighted by Gasteiger charge is -2.04. The number of rotatable bonds is 5. The van der Waals surface area contributed by atoms with Crippen molar-refractivity contribution in [3.63, 3.8) is 0 Å². The Morgan fingerprint density at radius 2 is 2.24 bits per heavy atom. The predicted molar refractivity (Wildman–Crippen MR) is 65.7 cm³/mol. The largest absolute Gasteiger partial charge is 0.466 e. The van der Waals surface area contributed by atoms with Crippen LogP contribution >= 0.6 is 11.3 Å². The lowest BCUT2D eigenvalue weighted by molar-refractivity contribution is -0.142. The van der Waals surface area contributed by atoms with Crippen molar-refractivity contribution in [2.45, 2.75) is 25.5 Å². The van der Waals surface area contributed by atoms with Crippen molar-refractivity contribution in [1.29, 1.82) is 0 Å². The summed E-state index contributed by atoms with van der Waals surface area (Å²) in [5.41, 5.74) is 0.555. The summed E-state index contributed by atoms with van der Waals surface area (Å²) in [6.45, 7) is 3.65. The second kappa shape index (κ2) is 5.59. The van der Waals surface area contributed by atoms with Gasteiger partial charge in [-0.05, 0) is 13.8 Å². The predicted octanol–water partition coefficient (Wildman–Crippen LogP) is 1.35. The molecule has 17 heavy (non-hydrogen) atoms. The van der Waals surface area contributed by atoms with Crippen LogP contribution in [0.25, 0.3) is 0 Å². The maximum Gasteiger partial charge on any atom is 0.311 e. The van der Waals surface area contributed by atoms with Gasteiger partial charge in [-0.1, -0.05) is 0 Å². The zero-order valence-corrected chi connectivity index (χ0v) is 11.6. The first-order valence-corrected chi connectivity index (χ1v) is 7.96. The Labute approximate surface area is 105 Å². The highest BCUT2D eigenvalue weighted by Gasteiger charge is 2.21. The van der Waals surface area contributed by atoms with Crippen molar-refractivity contribution < 1.29 is 17.9 Å². The van der Waals surface area contributed by atoms with Crippen LogP contribution in [-0.4, -0.2) is 32.2 Å². The van der Waals surface area contributed by atoms with E-state index in [1.54, 1.807) is 19.2 Å². The van der Waals surface area contributed by atoms with Gasteiger partial charge in [-0.2, -0.15) is 0 Å². The van der Waals surface area contributed by atoms with Crippen LogP contribution in [0.15, 0.2) is 5.38 Å². The topological polar surface area (TPSA) is 73.3 Å². The molecule has 5 nitrogen and oxygen atoms in total. The molecule has 0 amide bonds. The van der Waals surface area contributed by atoms with Gasteiger partial charge in [-0.3, -0.25) is 4.79 Å². The molecule has 0 N–H and O–H groups in total. The third-order valence-corrected chi connectivity index (χ3v) is 4.92. The molecule has 1 atom stereocenters. The first-order valence-electron chi connectivity index (χ1n) is 5.13. The fourth-order valence-electron chi connectivity index (χ4n) is 1.13. The second-order valence-corrected chi connectivity index (χ2v) is 6.89. The maximum absolute atomic E-state index is 11.3. The van der Waals surface area contributed by atoms with Crippen molar-refractivity contribution in [3.05, 3.63) is 16.1 Å². The van der Waals surface area contributed by atoms with Gasteiger partial charge in [-0.15, -0.1) is 11.3 Å². The minimum atomic E-state index is -3.15. The fourth-order valence-corrected chi connectivity index (χ4v) is 3.00. The van der Waals surface area contributed by atoms with E-state index in [1.807, 2.05) is 0 Å². The van der Waals surface area contributed by atoms with Gasteiger partial charge in [-0.25, -0.2) is 13.4 Å². The third-order valence-electron chi connectivity index (χ3n) is 2.19. The zero-order chi connectivity index (χ0) is 13.1. The number of nitrogens with zero attached hydrogens (tertiary/aromatic N) is 1. The van der Waals surface area contributed by atoms with Crippen LogP contribution in [0.1, 0.15) is 29.8 Å². The Bertz CT molecular complexity index is 492. The number of thiazole rings is 1. The highest BCUT2D eigenvalue weighted by Crippen LogP contribution is 2.24. The van der Waals surface area contributed by atoms with Crippen molar-refractivity contribution in [2.75, 3.05) is 12.9 Å². The van der Waals surface area contributed by atoms with Crippen molar-refractivity contribution in [1.82, 2.24) is 4.98 Å². The Kier molecular flexibility index (Phi) is 4.64. The molecule has 1 aromatic heterocycles. The molecule has 1 unspecified atom stereocenters. The molecule has 0 spiro atoms. The minimum absolute atomic E-state index is 0.0841. The number of ether oxygens (including phenoxy) is 1. The molecule has 0 saturated carbocycles. The van der Waals surface area contributed by atoms with Gasteiger partial charge in [0, 0.05) is 11.6 Å². The van der Waals surface area contributed by atoms with E-state index in [1.165, 1.54) is 17.6 Å². The molecule has 96 valence electrons. The van der Waals surface area contributed by atoms with E-state index in [9.17, 15) is 13.2 Å². The van der Waals surface area contributed by atoms with Crippen LogP contribution in [0.5, 0.6) is 0 Å². The number of carbonyl (C=O) groups excluding carboxylic acids is 1. The number of esters is 1. The molecule has 1 rings (SSSR count). The van der Waals surface area contributed by atoms with Crippen LogP contribution < -0.4 is 0 Å². The fraction of sp³-hybridized carbons (Fsp3) is 0.600. The van der Waals surface area contributed by atoms with Crippen LogP contribution in [0.4, 0.5) is 0 Å². The number of hydrogen-bond donors (Lipinski definition) is 0. The molecule has 0 bridgehead atoms. The summed E-state index contributed by atoms with van der Waals surface area (Å²) in [6.07, 6.45) is 1.25. The molecular formula is C10H15NO4S2. The first kappa shape index (κ1) is 14.1. The van der Waals surface area contributed by atoms with E-state index in [2.05, 4.69) is 4.98 Å². The second-order valence-electron chi connectivity index (χ2n) is 3.63. The molecular weight excluding hydrogens is 262 g/mol. The van der Waals surface area contributed by atoms with Gasteiger partial charge < -0.3 is 4.74 Å². The van der Waals surface area contributed by atoms with E-state index in [0.717, 1.165) is 0 Å². The summed E-state index contributed by atoms with van der Waals surface area (Å²) in [6, 6.07) is 0. The van der Waals surface area contributed by atoms with E-state index in [0.29, 0.717) is 17.3 Å². The smallest absolute Gasteiger partial charge is 0.311 e. The summed E-state index contributed by atoms with van der Waals surface area (Å²) in [4.78, 5) is 15.4. The molecule has 0 aliphatic rings. The molecule has 0 fully saturated rings. The summed E-state index contributed by atoms with van der Waals surface area (Å²) < 4.78 is 27.5. The Hall–Kier alpha value is -0.950. The maximum atomic E-state index is 11.3. The summed E-state index contributed by atoms with van der Waals surface area (Å²) in [5, 5.41) is 1.56. The molecule has 0 aliphatic heterocycles. The van der Waals surface area contributed by atoms with Crippen LogP contribution in [0, 0.1) is 0 Å². The zero-order valence-electron chi connectivity index (χ0n) is 9.97. The molecule has 7 heteroatoms. The lowest BCUT2D eigenvalue weighted by atomic mass is 10.3. The van der Waals surface area contributed by atoms with Gasteiger partial charge >= 0.3 is 5.97 Å². The SMILES string of the molecule is CCOC(=O)Cc1csc(C(C)S(C)(=O)=O)n1. The van der Waals surface area contributed by atoms with E-state index in [-0.39, 0.29) is 12.4 Å². The average molecular weight is 277 g/mol. The van der Waals surface area contributed by atoms with Crippen LogP contribution in [-0.2, 0) is 25.8 Å². The van der Waals surface area contributed by atoms with Gasteiger partial charge in [0.05, 0.1) is 18.7 Å². The van der Waals surface area contributed by atoms with Crippen molar-refractivity contribution in [3.8, 4) is 0 Å². The van der Waals surface area contributed by atoms with Gasteiger partial charge in [0.25, 0.3) is 0 Å². The van der Waals surface area contributed by atoms with Gasteiger partial charge in [0.15, 0.2) is 9.84 Å². The molecule has 0 radical (unpaired) electrons. The van der Waals surface area contributed by atoms with E-state index >= 15 is 0 Å². The van der Waals surface area contributed by atoms with Crippen LogP contribution in [0.3, 0.4) is 0 Å². The monoisotopic (exact) mass is 277 g/mol. The van der Waals surface area contributed by atoms with Crippen LogP contribution in [0.2, 0.25) is 0 Å².